The Morgan fingerprint density at radius 1 is 1.07 bits per heavy atom. The van der Waals surface area contributed by atoms with E-state index in [2.05, 4.69) is 48.7 Å². The van der Waals surface area contributed by atoms with Gasteiger partial charge in [0.05, 0.1) is 11.4 Å². The van der Waals surface area contributed by atoms with Gasteiger partial charge in [0.2, 0.25) is 0 Å². The Kier molecular flexibility index (Phi) is 8.33. The zero-order chi connectivity index (χ0) is 21.1. The Balaban J connectivity index is 0.00000320. The van der Waals surface area contributed by atoms with Crippen LogP contribution in [0.3, 0.4) is 0 Å². The molecule has 0 aromatic heterocycles. The van der Waals surface area contributed by atoms with Gasteiger partial charge >= 0.3 is 0 Å². The molecule has 3 rings (SSSR count). The number of sulfone groups is 1. The lowest BCUT2D eigenvalue weighted by molar-refractivity contribution is 0.601. The third-order valence-electron chi connectivity index (χ3n) is 5.57. The van der Waals surface area contributed by atoms with E-state index in [0.29, 0.717) is 11.4 Å². The van der Waals surface area contributed by atoms with Crippen molar-refractivity contribution in [2.75, 3.05) is 19.3 Å². The molecule has 0 saturated heterocycles. The van der Waals surface area contributed by atoms with Crippen LogP contribution in [0, 0.1) is 13.8 Å². The van der Waals surface area contributed by atoms with E-state index in [1.165, 1.54) is 30.2 Å². The van der Waals surface area contributed by atoms with Crippen LogP contribution in [0.1, 0.15) is 42.0 Å². The van der Waals surface area contributed by atoms with Crippen LogP contribution >= 0.6 is 24.0 Å². The second kappa shape index (κ2) is 10.1. The fourth-order valence-electron chi connectivity index (χ4n) is 3.85. The second-order valence-corrected chi connectivity index (χ2v) is 10.0. The number of hydrogen-bond acceptors (Lipinski definition) is 3. The predicted octanol–water partition coefficient (Wildman–Crippen LogP) is 4.11. The predicted molar refractivity (Wildman–Crippen MR) is 135 cm³/mol. The van der Waals surface area contributed by atoms with Crippen molar-refractivity contribution >= 4 is 39.8 Å². The van der Waals surface area contributed by atoms with E-state index in [-0.39, 0.29) is 29.4 Å². The fourth-order valence-corrected chi connectivity index (χ4v) is 4.81. The molecule has 0 aliphatic heterocycles. The molecule has 0 radical (unpaired) electrons. The summed E-state index contributed by atoms with van der Waals surface area (Å²) in [7, 11) is -3.20. The second-order valence-electron chi connectivity index (χ2n) is 8.02. The van der Waals surface area contributed by atoms with Gasteiger partial charge in [-0.15, -0.1) is 24.0 Å². The third kappa shape index (κ3) is 5.97. The van der Waals surface area contributed by atoms with Gasteiger partial charge in [0.1, 0.15) is 0 Å². The van der Waals surface area contributed by atoms with Crippen molar-refractivity contribution in [1.29, 1.82) is 0 Å². The molecule has 2 aromatic carbocycles. The zero-order valence-corrected chi connectivity index (χ0v) is 21.3. The molecule has 7 heteroatoms. The molecule has 0 atom stereocenters. The molecule has 1 aliphatic rings. The van der Waals surface area contributed by atoms with Crippen LogP contribution in [0.2, 0.25) is 0 Å². The lowest BCUT2D eigenvalue weighted by Crippen LogP contribution is -2.41. The number of benzene rings is 2. The highest BCUT2D eigenvalue weighted by Gasteiger charge is 2.44. The van der Waals surface area contributed by atoms with Gasteiger partial charge in [-0.05, 0) is 61.9 Å². The Morgan fingerprint density at radius 3 is 2.33 bits per heavy atom. The van der Waals surface area contributed by atoms with E-state index < -0.39 is 9.84 Å². The van der Waals surface area contributed by atoms with Crippen LogP contribution in [0.4, 0.5) is 0 Å². The number of nitrogens with zero attached hydrogens (tertiary/aromatic N) is 1. The minimum Gasteiger partial charge on any atom is -0.357 e. The van der Waals surface area contributed by atoms with E-state index in [1.54, 1.807) is 6.07 Å². The number of aryl methyl sites for hydroxylation is 2. The maximum absolute atomic E-state index is 11.8. The number of nitrogens with one attached hydrogen (secondary N) is 2. The van der Waals surface area contributed by atoms with E-state index in [9.17, 15) is 8.42 Å². The minimum atomic E-state index is -3.20. The van der Waals surface area contributed by atoms with Crippen molar-refractivity contribution in [3.05, 3.63) is 64.7 Å². The molecule has 5 nitrogen and oxygen atoms in total. The number of rotatable bonds is 7. The third-order valence-corrected chi connectivity index (χ3v) is 6.82. The summed E-state index contributed by atoms with van der Waals surface area (Å²) in [6.45, 7) is 8.20. The van der Waals surface area contributed by atoms with Crippen LogP contribution in [0.5, 0.6) is 0 Å². The number of aliphatic imine (C=N–C) groups is 1. The van der Waals surface area contributed by atoms with Crippen LogP contribution < -0.4 is 10.6 Å². The Hall–Kier alpha value is -1.61. The highest BCUT2D eigenvalue weighted by molar-refractivity contribution is 14.0. The molecular formula is C23H32IN3O2S. The minimum absolute atomic E-state index is 0. The number of hydrogen-bond donors (Lipinski definition) is 2. The van der Waals surface area contributed by atoms with Crippen molar-refractivity contribution in [1.82, 2.24) is 10.6 Å². The lowest BCUT2D eigenvalue weighted by atomic mass is 9.92. The van der Waals surface area contributed by atoms with Crippen LogP contribution in [-0.4, -0.2) is 33.7 Å². The van der Waals surface area contributed by atoms with Crippen molar-refractivity contribution < 1.29 is 8.42 Å². The normalized spacial score (nSPS) is 15.3. The SMILES string of the molecule is CCNC(=NCc1ccc(S(C)(=O)=O)c(C)c1)NCC1(c2ccccc2C)CC1.I. The van der Waals surface area contributed by atoms with Crippen molar-refractivity contribution in [3.63, 3.8) is 0 Å². The molecule has 164 valence electrons. The van der Waals surface area contributed by atoms with Crippen molar-refractivity contribution in [2.45, 2.75) is 50.5 Å². The molecule has 0 spiro atoms. The van der Waals surface area contributed by atoms with Gasteiger partial charge in [0, 0.05) is 24.8 Å². The summed E-state index contributed by atoms with van der Waals surface area (Å²) in [5.74, 6) is 0.789. The average Bonchev–Trinajstić information content (AvgIpc) is 3.44. The summed E-state index contributed by atoms with van der Waals surface area (Å²) in [5.41, 5.74) is 4.72. The Bertz CT molecular complexity index is 1010. The van der Waals surface area contributed by atoms with Crippen LogP contribution in [0.25, 0.3) is 0 Å². The Labute approximate surface area is 197 Å². The largest absolute Gasteiger partial charge is 0.357 e. The van der Waals surface area contributed by atoms with Gasteiger partial charge in [-0.3, -0.25) is 0 Å². The molecule has 1 fully saturated rings. The highest BCUT2D eigenvalue weighted by atomic mass is 127. The monoisotopic (exact) mass is 541 g/mol. The van der Waals surface area contributed by atoms with E-state index in [1.807, 2.05) is 19.1 Å². The number of halogens is 1. The smallest absolute Gasteiger partial charge is 0.191 e. The first-order valence-corrected chi connectivity index (χ1v) is 12.0. The van der Waals surface area contributed by atoms with E-state index >= 15 is 0 Å². The molecule has 2 N–H and O–H groups in total. The standard InChI is InChI=1S/C23H31N3O2S.HI/c1-5-24-22(25-15-19-10-11-21(18(3)14-19)29(4,27)28)26-16-23(12-13-23)20-9-7-6-8-17(20)2;/h6-11,14H,5,12-13,15-16H2,1-4H3,(H2,24,25,26);1H. The lowest BCUT2D eigenvalue weighted by Gasteiger charge is -2.20. The van der Waals surface area contributed by atoms with Gasteiger partial charge in [-0.25, -0.2) is 13.4 Å². The summed E-state index contributed by atoms with van der Waals surface area (Å²) >= 11 is 0. The van der Waals surface area contributed by atoms with E-state index in [4.69, 9.17) is 4.99 Å². The van der Waals surface area contributed by atoms with Crippen molar-refractivity contribution in [3.8, 4) is 0 Å². The molecular weight excluding hydrogens is 509 g/mol. The van der Waals surface area contributed by atoms with Gasteiger partial charge < -0.3 is 10.6 Å². The molecule has 1 aliphatic carbocycles. The molecule has 0 heterocycles. The maximum Gasteiger partial charge on any atom is 0.191 e. The van der Waals surface area contributed by atoms with Gasteiger partial charge in [0.25, 0.3) is 0 Å². The molecule has 0 amide bonds. The van der Waals surface area contributed by atoms with Gasteiger partial charge in [-0.1, -0.05) is 36.4 Å². The topological polar surface area (TPSA) is 70.6 Å². The molecule has 2 aromatic rings. The van der Waals surface area contributed by atoms with Gasteiger partial charge in [-0.2, -0.15) is 0 Å². The Morgan fingerprint density at radius 2 is 1.77 bits per heavy atom. The summed E-state index contributed by atoms with van der Waals surface area (Å²) in [4.78, 5) is 5.09. The van der Waals surface area contributed by atoms with Gasteiger partial charge in [0.15, 0.2) is 15.8 Å². The molecule has 1 saturated carbocycles. The highest BCUT2D eigenvalue weighted by Crippen LogP contribution is 2.48. The number of guanidine groups is 1. The maximum atomic E-state index is 11.8. The average molecular weight is 541 g/mol. The zero-order valence-electron chi connectivity index (χ0n) is 18.2. The summed E-state index contributed by atoms with van der Waals surface area (Å²) < 4.78 is 23.6. The molecule has 30 heavy (non-hydrogen) atoms. The first-order valence-electron chi connectivity index (χ1n) is 10.1. The summed E-state index contributed by atoms with van der Waals surface area (Å²) in [5, 5.41) is 6.83. The quantitative estimate of drug-likeness (QED) is 0.315. The van der Waals surface area contributed by atoms with Crippen LogP contribution in [-0.2, 0) is 21.8 Å². The van der Waals surface area contributed by atoms with Crippen molar-refractivity contribution in [2.24, 2.45) is 4.99 Å². The first-order chi connectivity index (χ1) is 13.7. The molecule has 0 unspecified atom stereocenters. The first kappa shape index (κ1) is 24.7. The van der Waals surface area contributed by atoms with Crippen LogP contribution in [0.15, 0.2) is 52.4 Å². The summed E-state index contributed by atoms with van der Waals surface area (Å²) in [6.07, 6.45) is 3.62. The summed E-state index contributed by atoms with van der Waals surface area (Å²) in [6, 6.07) is 14.0. The fraction of sp³-hybridized carbons (Fsp3) is 0.435. The van der Waals surface area contributed by atoms with E-state index in [0.717, 1.165) is 30.2 Å². The molecule has 0 bridgehead atoms.